The fourth-order valence-electron chi connectivity index (χ4n) is 0.203. The molecule has 0 aromatic heterocycles. The predicted molar refractivity (Wildman–Crippen MR) is 37.9 cm³/mol. The third-order valence-corrected chi connectivity index (χ3v) is 0.423. The van der Waals surface area contributed by atoms with Gasteiger partial charge in [0.15, 0.2) is 0 Å². The van der Waals surface area contributed by atoms with Gasteiger partial charge in [0.25, 0.3) is 0 Å². The molecule has 0 aliphatic rings. The lowest BCUT2D eigenvalue weighted by Gasteiger charge is -1.93. The van der Waals surface area contributed by atoms with Gasteiger partial charge in [-0.05, 0) is 0 Å². The molecule has 0 fully saturated rings. The Labute approximate surface area is 64.1 Å². The summed E-state index contributed by atoms with van der Waals surface area (Å²) in [5, 5.41) is 7.19. The summed E-state index contributed by atoms with van der Waals surface area (Å²) in [6, 6.07) is 0. The molecule has 0 spiro atoms. The van der Waals surface area contributed by atoms with E-state index in [2.05, 4.69) is 10.5 Å². The molecular formula is C5H12N2O4. The Kier molecular flexibility index (Phi) is 9.79. The Bertz CT molecular complexity index is 122. The van der Waals surface area contributed by atoms with Gasteiger partial charge in [-0.25, -0.2) is 4.79 Å². The summed E-state index contributed by atoms with van der Waals surface area (Å²) in [6.45, 7) is 2.09. The number of primary amides is 1. The second kappa shape index (κ2) is 8.70. The molecule has 0 radical (unpaired) electrons. The SMILES string of the molecule is CC(=O)OCCN.NC(=O)O. The van der Waals surface area contributed by atoms with Gasteiger partial charge in [-0.15, -0.1) is 0 Å². The number of amides is 1. The Morgan fingerprint density at radius 2 is 1.91 bits per heavy atom. The quantitative estimate of drug-likeness (QED) is 0.459. The first-order valence-electron chi connectivity index (χ1n) is 2.82. The zero-order chi connectivity index (χ0) is 9.28. The normalized spacial score (nSPS) is 7.45. The average Bonchev–Trinajstić information content (AvgIpc) is 1.82. The van der Waals surface area contributed by atoms with Crippen molar-refractivity contribution in [1.82, 2.24) is 0 Å². The molecule has 0 aliphatic heterocycles. The molecule has 0 unspecified atom stereocenters. The van der Waals surface area contributed by atoms with Crippen LogP contribution in [-0.2, 0) is 9.53 Å². The summed E-state index contributed by atoms with van der Waals surface area (Å²) < 4.78 is 4.43. The van der Waals surface area contributed by atoms with E-state index in [-0.39, 0.29) is 5.97 Å². The number of esters is 1. The lowest BCUT2D eigenvalue weighted by atomic mass is 10.7. The first kappa shape index (κ1) is 12.4. The van der Waals surface area contributed by atoms with Crippen LogP contribution in [0.15, 0.2) is 0 Å². The van der Waals surface area contributed by atoms with Gasteiger partial charge in [0.1, 0.15) is 6.61 Å². The number of carboxylic acid groups (broad SMARTS) is 1. The zero-order valence-electron chi connectivity index (χ0n) is 6.24. The van der Waals surface area contributed by atoms with Crippen LogP contribution in [0, 0.1) is 0 Å². The van der Waals surface area contributed by atoms with Crippen molar-refractivity contribution < 1.29 is 19.4 Å². The van der Waals surface area contributed by atoms with E-state index < -0.39 is 6.09 Å². The maximum absolute atomic E-state index is 9.92. The van der Waals surface area contributed by atoms with Crippen molar-refractivity contribution in [3.8, 4) is 0 Å². The minimum atomic E-state index is -1.33. The van der Waals surface area contributed by atoms with Crippen LogP contribution in [0.1, 0.15) is 6.92 Å². The highest BCUT2D eigenvalue weighted by atomic mass is 16.5. The molecule has 0 aromatic carbocycles. The number of nitrogens with two attached hydrogens (primary N) is 2. The molecule has 0 heterocycles. The average molecular weight is 164 g/mol. The van der Waals surface area contributed by atoms with Crippen LogP contribution in [0.2, 0.25) is 0 Å². The molecule has 0 bridgehead atoms. The fraction of sp³-hybridized carbons (Fsp3) is 0.600. The molecule has 0 atom stereocenters. The lowest BCUT2D eigenvalue weighted by Crippen LogP contribution is -2.10. The van der Waals surface area contributed by atoms with E-state index in [0.29, 0.717) is 13.2 Å². The topological polar surface area (TPSA) is 116 Å². The molecule has 0 saturated heterocycles. The Morgan fingerprint density at radius 1 is 1.55 bits per heavy atom. The van der Waals surface area contributed by atoms with Crippen LogP contribution >= 0.6 is 0 Å². The summed E-state index contributed by atoms with van der Waals surface area (Å²) in [7, 11) is 0. The van der Waals surface area contributed by atoms with E-state index in [9.17, 15) is 4.79 Å². The van der Waals surface area contributed by atoms with Crippen LogP contribution in [0.3, 0.4) is 0 Å². The van der Waals surface area contributed by atoms with Crippen molar-refractivity contribution in [2.45, 2.75) is 6.92 Å². The van der Waals surface area contributed by atoms with Gasteiger partial charge in [-0.1, -0.05) is 0 Å². The van der Waals surface area contributed by atoms with Crippen LogP contribution in [0.4, 0.5) is 4.79 Å². The highest BCUT2D eigenvalue weighted by molar-refractivity contribution is 5.65. The van der Waals surface area contributed by atoms with Crippen LogP contribution in [0.25, 0.3) is 0 Å². The van der Waals surface area contributed by atoms with E-state index in [1.54, 1.807) is 0 Å². The molecular weight excluding hydrogens is 152 g/mol. The van der Waals surface area contributed by atoms with E-state index >= 15 is 0 Å². The van der Waals surface area contributed by atoms with Gasteiger partial charge in [0, 0.05) is 13.5 Å². The molecule has 0 aromatic rings. The van der Waals surface area contributed by atoms with Gasteiger partial charge in [-0.2, -0.15) is 0 Å². The summed E-state index contributed by atoms with van der Waals surface area (Å²) in [4.78, 5) is 18.7. The van der Waals surface area contributed by atoms with Crippen LogP contribution < -0.4 is 11.5 Å². The minimum Gasteiger partial charge on any atom is -0.465 e. The number of ether oxygens (including phenoxy) is 1. The maximum atomic E-state index is 9.92. The molecule has 0 aliphatic carbocycles. The molecule has 66 valence electrons. The van der Waals surface area contributed by atoms with Crippen molar-refractivity contribution in [2.24, 2.45) is 11.5 Å². The monoisotopic (exact) mass is 164 g/mol. The highest BCUT2D eigenvalue weighted by Gasteiger charge is 1.85. The fourth-order valence-corrected chi connectivity index (χ4v) is 0.203. The second-order valence-corrected chi connectivity index (χ2v) is 1.47. The van der Waals surface area contributed by atoms with Gasteiger partial charge in [0.05, 0.1) is 0 Å². The highest BCUT2D eigenvalue weighted by Crippen LogP contribution is 1.69. The molecule has 6 heteroatoms. The number of rotatable bonds is 2. The van der Waals surface area contributed by atoms with Gasteiger partial charge < -0.3 is 21.3 Å². The number of hydrogen-bond donors (Lipinski definition) is 3. The first-order valence-corrected chi connectivity index (χ1v) is 2.82. The van der Waals surface area contributed by atoms with Crippen molar-refractivity contribution in [3.63, 3.8) is 0 Å². The molecule has 0 rings (SSSR count). The predicted octanol–water partition coefficient (Wildman–Crippen LogP) is -0.869. The minimum absolute atomic E-state index is 0.273. The molecule has 5 N–H and O–H groups in total. The van der Waals surface area contributed by atoms with Crippen molar-refractivity contribution in [1.29, 1.82) is 0 Å². The molecule has 0 saturated carbocycles. The Morgan fingerprint density at radius 3 is 2.00 bits per heavy atom. The van der Waals surface area contributed by atoms with Gasteiger partial charge in [0.2, 0.25) is 0 Å². The zero-order valence-corrected chi connectivity index (χ0v) is 6.24. The third-order valence-electron chi connectivity index (χ3n) is 0.423. The Hall–Kier alpha value is -1.30. The van der Waals surface area contributed by atoms with E-state index in [1.807, 2.05) is 0 Å². The largest absolute Gasteiger partial charge is 0.465 e. The second-order valence-electron chi connectivity index (χ2n) is 1.47. The summed E-state index contributed by atoms with van der Waals surface area (Å²) >= 11 is 0. The van der Waals surface area contributed by atoms with Gasteiger partial charge in [-0.3, -0.25) is 4.79 Å². The van der Waals surface area contributed by atoms with Crippen LogP contribution in [-0.4, -0.2) is 30.3 Å². The van der Waals surface area contributed by atoms with E-state index in [4.69, 9.17) is 15.6 Å². The molecule has 6 nitrogen and oxygen atoms in total. The first-order chi connectivity index (χ1) is 5.00. The third kappa shape index (κ3) is 53.6. The van der Waals surface area contributed by atoms with Crippen LogP contribution in [0.5, 0.6) is 0 Å². The maximum Gasteiger partial charge on any atom is 0.402 e. The number of carbonyl (C=O) groups is 2. The molecule has 1 amide bonds. The number of hydrogen-bond acceptors (Lipinski definition) is 4. The van der Waals surface area contributed by atoms with E-state index in [1.165, 1.54) is 6.92 Å². The summed E-state index contributed by atoms with van der Waals surface area (Å²) in [5.41, 5.74) is 9.03. The summed E-state index contributed by atoms with van der Waals surface area (Å²) in [6.07, 6.45) is -1.33. The standard InChI is InChI=1S/C4H9NO2.CH3NO2/c1-4(6)7-3-2-5;2-1(3)4/h2-3,5H2,1H3;2H2,(H,3,4). The number of carbonyl (C=O) groups excluding carboxylic acids is 1. The van der Waals surface area contributed by atoms with Gasteiger partial charge >= 0.3 is 12.1 Å². The lowest BCUT2D eigenvalue weighted by molar-refractivity contribution is -0.140. The van der Waals surface area contributed by atoms with Crippen molar-refractivity contribution >= 4 is 12.1 Å². The summed E-state index contributed by atoms with van der Waals surface area (Å²) in [5.74, 6) is -0.273. The molecule has 11 heavy (non-hydrogen) atoms. The van der Waals surface area contributed by atoms with Crippen molar-refractivity contribution in [2.75, 3.05) is 13.2 Å². The Balaban J connectivity index is 0. The smallest absolute Gasteiger partial charge is 0.402 e. The van der Waals surface area contributed by atoms with E-state index in [0.717, 1.165) is 0 Å². The van der Waals surface area contributed by atoms with Crippen molar-refractivity contribution in [3.05, 3.63) is 0 Å².